The molecule has 0 aromatic heterocycles. The van der Waals surface area contributed by atoms with Crippen LogP contribution in [0.5, 0.6) is 0 Å². The Morgan fingerprint density at radius 3 is 2.06 bits per heavy atom. The minimum absolute atomic E-state index is 0.257. The topological polar surface area (TPSA) is 26.0 Å². The van der Waals surface area contributed by atoms with E-state index in [1.807, 2.05) is 0 Å². The molecular formula is C10H8F5N. The third-order valence-electron chi connectivity index (χ3n) is 1.93. The first kappa shape index (κ1) is 12.5. The molecule has 0 atom stereocenters. The van der Waals surface area contributed by atoms with Crippen molar-refractivity contribution in [3.63, 3.8) is 0 Å². The second-order valence-corrected chi connectivity index (χ2v) is 3.02. The quantitative estimate of drug-likeness (QED) is 0.785. The molecule has 0 amide bonds. The summed E-state index contributed by atoms with van der Waals surface area (Å²) in [4.78, 5) is 0. The summed E-state index contributed by atoms with van der Waals surface area (Å²) in [6.45, 7) is 0. The van der Waals surface area contributed by atoms with E-state index in [4.69, 9.17) is 5.73 Å². The highest BCUT2D eigenvalue weighted by molar-refractivity contribution is 5.54. The van der Waals surface area contributed by atoms with Gasteiger partial charge in [0, 0.05) is 5.56 Å². The zero-order valence-corrected chi connectivity index (χ0v) is 7.93. The van der Waals surface area contributed by atoms with Crippen LogP contribution in [-0.2, 0) is 5.92 Å². The first-order chi connectivity index (χ1) is 7.30. The number of alkyl halides is 5. The Bertz CT molecular complexity index is 394. The molecule has 0 radical (unpaired) electrons. The molecule has 0 unspecified atom stereocenters. The van der Waals surface area contributed by atoms with Crippen molar-refractivity contribution in [2.45, 2.75) is 12.1 Å². The predicted molar refractivity (Wildman–Crippen MR) is 49.6 cm³/mol. The molecule has 0 aliphatic rings. The molecule has 16 heavy (non-hydrogen) atoms. The minimum Gasteiger partial charge on any atom is -0.405 e. The number of hydrogen-bond acceptors (Lipinski definition) is 1. The first-order valence-electron chi connectivity index (χ1n) is 4.23. The fraction of sp³-hybridized carbons (Fsp3) is 0.200. The molecule has 6 heteroatoms. The molecule has 1 nitrogen and oxygen atoms in total. The SMILES string of the molecule is NC=Cc1ccccc1C(F)(F)C(F)(F)F. The van der Waals surface area contributed by atoms with E-state index in [0.717, 1.165) is 30.5 Å². The van der Waals surface area contributed by atoms with Gasteiger partial charge >= 0.3 is 12.1 Å². The molecule has 0 saturated carbocycles. The van der Waals surface area contributed by atoms with E-state index < -0.39 is 17.7 Å². The molecule has 0 aliphatic carbocycles. The average Bonchev–Trinajstić information content (AvgIpc) is 2.17. The molecular weight excluding hydrogens is 229 g/mol. The van der Waals surface area contributed by atoms with E-state index in [1.54, 1.807) is 0 Å². The van der Waals surface area contributed by atoms with Gasteiger partial charge in [0.15, 0.2) is 0 Å². The van der Waals surface area contributed by atoms with Crippen LogP contribution in [0.4, 0.5) is 22.0 Å². The van der Waals surface area contributed by atoms with Crippen molar-refractivity contribution in [3.05, 3.63) is 41.6 Å². The molecule has 0 aliphatic heterocycles. The van der Waals surface area contributed by atoms with Crippen LogP contribution in [0.25, 0.3) is 6.08 Å². The fourth-order valence-electron chi connectivity index (χ4n) is 1.18. The molecule has 0 fully saturated rings. The van der Waals surface area contributed by atoms with E-state index in [-0.39, 0.29) is 5.56 Å². The highest BCUT2D eigenvalue weighted by Gasteiger charge is 2.59. The molecule has 0 bridgehead atoms. The van der Waals surface area contributed by atoms with Crippen LogP contribution in [0.3, 0.4) is 0 Å². The van der Waals surface area contributed by atoms with Gasteiger partial charge in [0.05, 0.1) is 0 Å². The molecule has 0 spiro atoms. The van der Waals surface area contributed by atoms with Gasteiger partial charge in [-0.3, -0.25) is 0 Å². The largest absolute Gasteiger partial charge is 0.458 e. The zero-order chi connectivity index (χ0) is 12.4. The van der Waals surface area contributed by atoms with Crippen LogP contribution in [0.2, 0.25) is 0 Å². The van der Waals surface area contributed by atoms with Crippen molar-refractivity contribution in [1.82, 2.24) is 0 Å². The fourth-order valence-corrected chi connectivity index (χ4v) is 1.18. The highest BCUT2D eigenvalue weighted by atomic mass is 19.4. The lowest BCUT2D eigenvalue weighted by Gasteiger charge is -2.21. The third kappa shape index (κ3) is 2.15. The van der Waals surface area contributed by atoms with Gasteiger partial charge in [-0.1, -0.05) is 24.3 Å². The summed E-state index contributed by atoms with van der Waals surface area (Å²) >= 11 is 0. The lowest BCUT2D eigenvalue weighted by atomic mass is 10.0. The molecule has 1 aromatic carbocycles. The van der Waals surface area contributed by atoms with Crippen molar-refractivity contribution in [2.75, 3.05) is 0 Å². The van der Waals surface area contributed by atoms with Gasteiger partial charge in [0.2, 0.25) is 0 Å². The first-order valence-corrected chi connectivity index (χ1v) is 4.23. The van der Waals surface area contributed by atoms with E-state index >= 15 is 0 Å². The zero-order valence-electron chi connectivity index (χ0n) is 7.93. The molecule has 0 heterocycles. The van der Waals surface area contributed by atoms with Crippen molar-refractivity contribution in [1.29, 1.82) is 0 Å². The van der Waals surface area contributed by atoms with Crippen molar-refractivity contribution >= 4 is 6.08 Å². The molecule has 88 valence electrons. The molecule has 1 aromatic rings. The number of hydrogen-bond donors (Lipinski definition) is 1. The number of rotatable bonds is 2. The maximum absolute atomic E-state index is 13.0. The van der Waals surface area contributed by atoms with Gasteiger partial charge in [-0.25, -0.2) is 0 Å². The summed E-state index contributed by atoms with van der Waals surface area (Å²) in [5, 5.41) is 0. The second kappa shape index (κ2) is 4.11. The summed E-state index contributed by atoms with van der Waals surface area (Å²) < 4.78 is 62.5. The van der Waals surface area contributed by atoms with Crippen LogP contribution in [-0.4, -0.2) is 6.18 Å². The van der Waals surface area contributed by atoms with Crippen LogP contribution in [0.1, 0.15) is 11.1 Å². The monoisotopic (exact) mass is 237 g/mol. The Morgan fingerprint density at radius 1 is 1.00 bits per heavy atom. The maximum atomic E-state index is 13.0. The maximum Gasteiger partial charge on any atom is 0.458 e. The van der Waals surface area contributed by atoms with Gasteiger partial charge in [0.25, 0.3) is 0 Å². The Hall–Kier alpha value is -1.59. The molecule has 2 N–H and O–H groups in total. The van der Waals surface area contributed by atoms with Gasteiger partial charge in [-0.05, 0) is 17.8 Å². The van der Waals surface area contributed by atoms with Gasteiger partial charge in [0.1, 0.15) is 0 Å². The highest BCUT2D eigenvalue weighted by Crippen LogP contribution is 2.45. The Labute approximate surface area is 88.4 Å². The number of benzene rings is 1. The number of halogens is 5. The van der Waals surface area contributed by atoms with Crippen molar-refractivity contribution in [2.24, 2.45) is 5.73 Å². The van der Waals surface area contributed by atoms with Crippen LogP contribution >= 0.6 is 0 Å². The van der Waals surface area contributed by atoms with Crippen LogP contribution < -0.4 is 5.73 Å². The van der Waals surface area contributed by atoms with Crippen molar-refractivity contribution < 1.29 is 22.0 Å². The third-order valence-corrected chi connectivity index (χ3v) is 1.93. The summed E-state index contributed by atoms with van der Waals surface area (Å²) in [6, 6.07) is 4.33. The Kier molecular flexibility index (Phi) is 3.21. The normalized spacial score (nSPS) is 13.3. The van der Waals surface area contributed by atoms with Crippen molar-refractivity contribution in [3.8, 4) is 0 Å². The van der Waals surface area contributed by atoms with Crippen LogP contribution in [0, 0.1) is 0 Å². The van der Waals surface area contributed by atoms with Gasteiger partial charge < -0.3 is 5.73 Å². The predicted octanol–water partition coefficient (Wildman–Crippen LogP) is 3.27. The van der Waals surface area contributed by atoms with Crippen LogP contribution in [0.15, 0.2) is 30.5 Å². The van der Waals surface area contributed by atoms with Gasteiger partial charge in [-0.2, -0.15) is 22.0 Å². The average molecular weight is 237 g/mol. The van der Waals surface area contributed by atoms with Gasteiger partial charge in [-0.15, -0.1) is 0 Å². The Morgan fingerprint density at radius 2 is 1.56 bits per heavy atom. The summed E-state index contributed by atoms with van der Waals surface area (Å²) in [5.74, 6) is -4.89. The van der Waals surface area contributed by atoms with E-state index in [0.29, 0.717) is 0 Å². The lowest BCUT2D eigenvalue weighted by molar-refractivity contribution is -0.289. The summed E-state index contributed by atoms with van der Waals surface area (Å²) in [5.41, 5.74) is 3.61. The van der Waals surface area contributed by atoms with E-state index in [1.165, 1.54) is 6.07 Å². The second-order valence-electron chi connectivity index (χ2n) is 3.02. The molecule has 1 rings (SSSR count). The summed E-state index contributed by atoms with van der Waals surface area (Å²) in [7, 11) is 0. The number of nitrogens with two attached hydrogens (primary N) is 1. The summed E-state index contributed by atoms with van der Waals surface area (Å²) in [6.07, 6.45) is -3.72. The standard InChI is InChI=1S/C10H8F5N/c11-9(12,10(13,14)15)8-4-2-1-3-7(8)5-6-16/h1-6H,16H2. The van der Waals surface area contributed by atoms with E-state index in [9.17, 15) is 22.0 Å². The Balaban J connectivity index is 3.32. The van der Waals surface area contributed by atoms with E-state index in [2.05, 4.69) is 0 Å². The smallest absolute Gasteiger partial charge is 0.405 e. The lowest BCUT2D eigenvalue weighted by Crippen LogP contribution is -2.34. The minimum atomic E-state index is -5.62. The molecule has 0 saturated heterocycles.